The van der Waals surface area contributed by atoms with Gasteiger partial charge in [0.15, 0.2) is 0 Å². The van der Waals surface area contributed by atoms with Crippen LogP contribution in [0.25, 0.3) is 0 Å². The Morgan fingerprint density at radius 1 is 1.53 bits per heavy atom. The van der Waals surface area contributed by atoms with E-state index in [1.807, 2.05) is 0 Å². The molecule has 0 unspecified atom stereocenters. The minimum atomic E-state index is -0.209. The highest BCUT2D eigenvalue weighted by Gasteiger charge is 2.10. The molecule has 19 heavy (non-hydrogen) atoms. The molecule has 0 bridgehead atoms. The Balaban J connectivity index is 2.56. The first-order valence-electron chi connectivity index (χ1n) is 6.20. The number of hydrogen-bond donors (Lipinski definition) is 2. The van der Waals surface area contributed by atoms with Crippen LogP contribution in [0.2, 0.25) is 0 Å². The van der Waals surface area contributed by atoms with Crippen molar-refractivity contribution in [3.63, 3.8) is 0 Å². The number of rotatable bonds is 6. The lowest BCUT2D eigenvalue weighted by atomic mass is 10.2. The van der Waals surface area contributed by atoms with Crippen LogP contribution in [0, 0.1) is 11.8 Å². The smallest absolute Gasteiger partial charge is 0.271 e. The van der Waals surface area contributed by atoms with E-state index in [1.54, 1.807) is 25.4 Å². The standard InChI is InChI=1S/C14H19N3O2/c1-19-11-3-2-9-17-14(18)13-12(6-4-8-15)7-5-10-16-13/h5,7,10H,2-3,8-9,11,15H2,1H3,(H,17,18). The molecule has 3 N–H and O–H groups in total. The van der Waals surface area contributed by atoms with Gasteiger partial charge in [0.05, 0.1) is 12.1 Å². The lowest BCUT2D eigenvalue weighted by molar-refractivity contribution is 0.0946. The van der Waals surface area contributed by atoms with Gasteiger partial charge < -0.3 is 15.8 Å². The number of carbonyl (C=O) groups excluding carboxylic acids is 1. The quantitative estimate of drug-likeness (QED) is 0.579. The van der Waals surface area contributed by atoms with Crippen LogP contribution in [-0.2, 0) is 4.74 Å². The highest BCUT2D eigenvalue weighted by atomic mass is 16.5. The summed E-state index contributed by atoms with van der Waals surface area (Å²) < 4.78 is 4.94. The fourth-order valence-corrected chi connectivity index (χ4v) is 1.49. The van der Waals surface area contributed by atoms with Crippen LogP contribution in [0.5, 0.6) is 0 Å². The first-order chi connectivity index (χ1) is 9.29. The van der Waals surface area contributed by atoms with Crippen LogP contribution >= 0.6 is 0 Å². The van der Waals surface area contributed by atoms with Crippen molar-refractivity contribution in [3.8, 4) is 11.8 Å². The third-order valence-corrected chi connectivity index (χ3v) is 2.41. The number of nitrogens with zero attached hydrogens (tertiary/aromatic N) is 1. The topological polar surface area (TPSA) is 77.2 Å². The van der Waals surface area contributed by atoms with E-state index in [4.69, 9.17) is 10.5 Å². The average Bonchev–Trinajstić information content (AvgIpc) is 2.45. The molecule has 0 fully saturated rings. The third kappa shape index (κ3) is 5.51. The average molecular weight is 261 g/mol. The van der Waals surface area contributed by atoms with Gasteiger partial charge in [0, 0.05) is 26.5 Å². The molecule has 1 heterocycles. The predicted molar refractivity (Wildman–Crippen MR) is 73.6 cm³/mol. The van der Waals surface area contributed by atoms with E-state index in [0.717, 1.165) is 12.8 Å². The molecular formula is C14H19N3O2. The molecule has 1 rings (SSSR count). The van der Waals surface area contributed by atoms with Gasteiger partial charge in [-0.05, 0) is 25.0 Å². The van der Waals surface area contributed by atoms with Crippen molar-refractivity contribution >= 4 is 5.91 Å². The number of unbranched alkanes of at least 4 members (excludes halogenated alkanes) is 1. The molecule has 5 nitrogen and oxygen atoms in total. The molecule has 0 saturated carbocycles. The fourth-order valence-electron chi connectivity index (χ4n) is 1.49. The van der Waals surface area contributed by atoms with Crippen LogP contribution in [0.1, 0.15) is 28.9 Å². The monoisotopic (exact) mass is 261 g/mol. The molecule has 0 aliphatic carbocycles. The first-order valence-corrected chi connectivity index (χ1v) is 6.20. The van der Waals surface area contributed by atoms with Crippen molar-refractivity contribution in [1.82, 2.24) is 10.3 Å². The molecule has 0 aliphatic heterocycles. The highest BCUT2D eigenvalue weighted by Crippen LogP contribution is 2.03. The fraction of sp³-hybridized carbons (Fsp3) is 0.429. The minimum Gasteiger partial charge on any atom is -0.385 e. The summed E-state index contributed by atoms with van der Waals surface area (Å²) in [4.78, 5) is 16.0. The summed E-state index contributed by atoms with van der Waals surface area (Å²) >= 11 is 0. The SMILES string of the molecule is COCCCCNC(=O)c1ncccc1C#CCN. The number of ether oxygens (including phenoxy) is 1. The van der Waals surface area contributed by atoms with Crippen molar-refractivity contribution < 1.29 is 9.53 Å². The van der Waals surface area contributed by atoms with Crippen LogP contribution in [0.4, 0.5) is 0 Å². The Morgan fingerprint density at radius 3 is 3.11 bits per heavy atom. The van der Waals surface area contributed by atoms with Crippen molar-refractivity contribution in [2.75, 3.05) is 26.8 Å². The van der Waals surface area contributed by atoms with Crippen LogP contribution < -0.4 is 11.1 Å². The molecular weight excluding hydrogens is 242 g/mol. The Bertz CT molecular complexity index is 463. The van der Waals surface area contributed by atoms with Crippen molar-refractivity contribution in [2.24, 2.45) is 5.73 Å². The Kier molecular flexibility index (Phi) is 7.25. The molecule has 0 aliphatic rings. The number of nitrogens with two attached hydrogens (primary N) is 1. The molecule has 5 heteroatoms. The van der Waals surface area contributed by atoms with Crippen molar-refractivity contribution in [3.05, 3.63) is 29.6 Å². The molecule has 0 aromatic carbocycles. The van der Waals surface area contributed by atoms with Gasteiger partial charge in [-0.2, -0.15) is 0 Å². The lowest BCUT2D eigenvalue weighted by Gasteiger charge is -2.05. The minimum absolute atomic E-state index is 0.209. The summed E-state index contributed by atoms with van der Waals surface area (Å²) in [6, 6.07) is 3.51. The maximum Gasteiger partial charge on any atom is 0.271 e. The van der Waals surface area contributed by atoms with Gasteiger partial charge in [0.1, 0.15) is 5.69 Å². The predicted octanol–water partition coefficient (Wildman–Crippen LogP) is 0.548. The summed E-state index contributed by atoms with van der Waals surface area (Å²) in [6.45, 7) is 1.56. The highest BCUT2D eigenvalue weighted by molar-refractivity contribution is 5.94. The number of carbonyl (C=O) groups is 1. The maximum atomic E-state index is 12.0. The van der Waals surface area contributed by atoms with Gasteiger partial charge in [-0.3, -0.25) is 4.79 Å². The zero-order valence-corrected chi connectivity index (χ0v) is 11.1. The summed E-state index contributed by atoms with van der Waals surface area (Å²) in [5, 5.41) is 2.82. The normalized spacial score (nSPS) is 9.58. The van der Waals surface area contributed by atoms with Crippen LogP contribution in [-0.4, -0.2) is 37.7 Å². The number of aromatic nitrogens is 1. The zero-order chi connectivity index (χ0) is 13.9. The summed E-state index contributed by atoms with van der Waals surface area (Å²) in [5.41, 5.74) is 6.26. The Morgan fingerprint density at radius 2 is 2.37 bits per heavy atom. The van der Waals surface area contributed by atoms with Crippen LogP contribution in [0.3, 0.4) is 0 Å². The molecule has 0 atom stereocenters. The van der Waals surface area contributed by atoms with Gasteiger partial charge in [-0.25, -0.2) is 4.98 Å². The van der Waals surface area contributed by atoms with E-state index < -0.39 is 0 Å². The molecule has 1 amide bonds. The van der Waals surface area contributed by atoms with E-state index in [0.29, 0.717) is 24.4 Å². The van der Waals surface area contributed by atoms with Gasteiger partial charge in [-0.15, -0.1) is 0 Å². The second kappa shape index (κ2) is 9.09. The van der Waals surface area contributed by atoms with Gasteiger partial charge in [-0.1, -0.05) is 11.8 Å². The Hall–Kier alpha value is -1.90. The van der Waals surface area contributed by atoms with Gasteiger partial charge >= 0.3 is 0 Å². The van der Waals surface area contributed by atoms with E-state index in [1.165, 1.54) is 0 Å². The van der Waals surface area contributed by atoms with E-state index >= 15 is 0 Å². The first kappa shape index (κ1) is 15.2. The molecule has 1 aromatic rings. The number of hydrogen-bond acceptors (Lipinski definition) is 4. The number of nitrogens with one attached hydrogen (secondary N) is 1. The summed E-state index contributed by atoms with van der Waals surface area (Å²) in [7, 11) is 1.66. The van der Waals surface area contributed by atoms with E-state index in [-0.39, 0.29) is 12.5 Å². The molecule has 0 radical (unpaired) electrons. The summed E-state index contributed by atoms with van der Waals surface area (Å²) in [6.07, 6.45) is 3.36. The maximum absolute atomic E-state index is 12.0. The zero-order valence-electron chi connectivity index (χ0n) is 11.1. The molecule has 0 saturated heterocycles. The lowest BCUT2D eigenvalue weighted by Crippen LogP contribution is -2.26. The second-order valence-corrected chi connectivity index (χ2v) is 3.86. The van der Waals surface area contributed by atoms with E-state index in [9.17, 15) is 4.79 Å². The van der Waals surface area contributed by atoms with Crippen molar-refractivity contribution in [1.29, 1.82) is 0 Å². The molecule has 102 valence electrons. The summed E-state index contributed by atoms with van der Waals surface area (Å²) in [5.74, 6) is 5.36. The molecule has 0 spiro atoms. The van der Waals surface area contributed by atoms with E-state index in [2.05, 4.69) is 22.1 Å². The molecule has 1 aromatic heterocycles. The number of amides is 1. The van der Waals surface area contributed by atoms with Crippen LogP contribution in [0.15, 0.2) is 18.3 Å². The van der Waals surface area contributed by atoms with Gasteiger partial charge in [0.2, 0.25) is 0 Å². The second-order valence-electron chi connectivity index (χ2n) is 3.86. The Labute approximate surface area is 113 Å². The largest absolute Gasteiger partial charge is 0.385 e. The van der Waals surface area contributed by atoms with Gasteiger partial charge in [0.25, 0.3) is 5.91 Å². The number of pyridine rings is 1. The van der Waals surface area contributed by atoms with Crippen molar-refractivity contribution in [2.45, 2.75) is 12.8 Å². The number of methoxy groups -OCH3 is 1. The third-order valence-electron chi connectivity index (χ3n) is 2.41.